The highest BCUT2D eigenvalue weighted by Crippen LogP contribution is 2.32. The predicted octanol–water partition coefficient (Wildman–Crippen LogP) is 3.68. The van der Waals surface area contributed by atoms with Crippen molar-refractivity contribution >= 4 is 27.3 Å². The van der Waals surface area contributed by atoms with Crippen LogP contribution in [0, 0.1) is 17.5 Å². The summed E-state index contributed by atoms with van der Waals surface area (Å²) >= 11 is 0. The van der Waals surface area contributed by atoms with E-state index in [0.29, 0.717) is 12.1 Å². The molecule has 0 atom stereocenters. The molecule has 3 aromatic rings. The second-order valence-corrected chi connectivity index (χ2v) is 7.89. The highest BCUT2D eigenvalue weighted by Gasteiger charge is 2.34. The Morgan fingerprint density at radius 2 is 1.28 bits per heavy atom. The van der Waals surface area contributed by atoms with Gasteiger partial charge in [-0.3, -0.25) is 14.3 Å². The summed E-state index contributed by atoms with van der Waals surface area (Å²) in [5, 5.41) is 0. The Kier molecular flexibility index (Phi) is 4.27. The summed E-state index contributed by atoms with van der Waals surface area (Å²) in [5.41, 5.74) is -0.824. The van der Waals surface area contributed by atoms with E-state index in [1.165, 1.54) is 30.3 Å². The van der Waals surface area contributed by atoms with Gasteiger partial charge in [-0.2, -0.15) is 0 Å². The zero-order chi connectivity index (χ0) is 20.9. The van der Waals surface area contributed by atoms with Crippen LogP contribution >= 0.6 is 0 Å². The molecule has 0 saturated carbocycles. The number of halogens is 3. The highest BCUT2D eigenvalue weighted by molar-refractivity contribution is 7.92. The van der Waals surface area contributed by atoms with Crippen molar-refractivity contribution in [1.82, 2.24) is 0 Å². The van der Waals surface area contributed by atoms with Crippen LogP contribution in [0.3, 0.4) is 0 Å². The van der Waals surface area contributed by atoms with Crippen molar-refractivity contribution in [2.45, 2.75) is 4.90 Å². The van der Waals surface area contributed by atoms with Crippen LogP contribution in [0.2, 0.25) is 0 Å². The van der Waals surface area contributed by atoms with Gasteiger partial charge in [0.25, 0.3) is 10.0 Å². The first-order chi connectivity index (χ1) is 13.7. The van der Waals surface area contributed by atoms with Crippen molar-refractivity contribution in [3.8, 4) is 0 Å². The molecule has 0 bridgehead atoms. The third-order valence-electron chi connectivity index (χ3n) is 4.44. The van der Waals surface area contributed by atoms with Gasteiger partial charge in [-0.1, -0.05) is 36.4 Å². The number of rotatable bonds is 3. The van der Waals surface area contributed by atoms with Crippen molar-refractivity contribution in [3.05, 3.63) is 94.3 Å². The van der Waals surface area contributed by atoms with Crippen molar-refractivity contribution in [2.75, 3.05) is 4.72 Å². The van der Waals surface area contributed by atoms with E-state index in [2.05, 4.69) is 0 Å². The average Bonchev–Trinajstić information content (AvgIpc) is 2.69. The number of carbonyl (C=O) groups excluding carboxylic acids is 2. The lowest BCUT2D eigenvalue weighted by molar-refractivity contribution is 0.0976. The molecule has 4 rings (SSSR count). The van der Waals surface area contributed by atoms with Gasteiger partial charge in [0.1, 0.15) is 0 Å². The van der Waals surface area contributed by atoms with Crippen LogP contribution in [-0.2, 0) is 10.0 Å². The molecule has 146 valence electrons. The lowest BCUT2D eigenvalue weighted by Gasteiger charge is -2.20. The van der Waals surface area contributed by atoms with Crippen LogP contribution in [0.4, 0.5) is 18.9 Å². The fraction of sp³-hybridized carbons (Fsp3) is 0. The molecule has 5 nitrogen and oxygen atoms in total. The van der Waals surface area contributed by atoms with E-state index < -0.39 is 49.6 Å². The minimum Gasteiger partial charge on any atom is -0.289 e. The molecule has 0 aromatic heterocycles. The van der Waals surface area contributed by atoms with Crippen molar-refractivity contribution in [2.24, 2.45) is 0 Å². The zero-order valence-corrected chi connectivity index (χ0v) is 15.2. The van der Waals surface area contributed by atoms with E-state index in [1.807, 2.05) is 4.72 Å². The van der Waals surface area contributed by atoms with E-state index in [4.69, 9.17) is 0 Å². The Balaban J connectivity index is 1.85. The SMILES string of the molecule is O=C1c2ccccc2C(=O)c2c1cccc2S(=O)(=O)Nc1cc(F)c(F)c(F)c1. The number of sulfonamides is 1. The van der Waals surface area contributed by atoms with E-state index in [9.17, 15) is 31.2 Å². The van der Waals surface area contributed by atoms with E-state index >= 15 is 0 Å². The minimum atomic E-state index is -4.54. The molecule has 1 aliphatic rings. The van der Waals surface area contributed by atoms with Gasteiger partial charge in [0, 0.05) is 28.8 Å². The lowest BCUT2D eigenvalue weighted by Crippen LogP contribution is -2.25. The Morgan fingerprint density at radius 1 is 0.724 bits per heavy atom. The van der Waals surface area contributed by atoms with Crippen LogP contribution in [0.15, 0.2) is 59.5 Å². The topological polar surface area (TPSA) is 80.3 Å². The van der Waals surface area contributed by atoms with Crippen molar-refractivity contribution in [3.63, 3.8) is 0 Å². The van der Waals surface area contributed by atoms with Gasteiger partial charge >= 0.3 is 0 Å². The smallest absolute Gasteiger partial charge is 0.262 e. The summed E-state index contributed by atoms with van der Waals surface area (Å²) in [6.45, 7) is 0. The van der Waals surface area contributed by atoms with E-state index in [-0.39, 0.29) is 22.3 Å². The molecular weight excluding hydrogens is 407 g/mol. The van der Waals surface area contributed by atoms with Gasteiger partial charge in [0.15, 0.2) is 29.0 Å². The molecule has 0 unspecified atom stereocenters. The molecule has 1 aliphatic carbocycles. The van der Waals surface area contributed by atoms with Crippen LogP contribution in [0.1, 0.15) is 31.8 Å². The standard InChI is InChI=1S/C20H10F3NO4S/c21-14-8-10(9-15(22)18(14)23)24-29(27,28)16-7-3-6-13-17(16)20(26)12-5-2-1-4-11(12)19(13)25/h1-9,24H. The molecule has 9 heteroatoms. The fourth-order valence-corrected chi connectivity index (χ4v) is 4.43. The largest absolute Gasteiger partial charge is 0.289 e. The molecule has 0 aliphatic heterocycles. The van der Waals surface area contributed by atoms with Crippen LogP contribution in [-0.4, -0.2) is 20.0 Å². The molecule has 0 spiro atoms. The zero-order valence-electron chi connectivity index (χ0n) is 14.4. The summed E-state index contributed by atoms with van der Waals surface area (Å²) in [6.07, 6.45) is 0. The Morgan fingerprint density at radius 3 is 1.90 bits per heavy atom. The second-order valence-electron chi connectivity index (χ2n) is 6.24. The van der Waals surface area contributed by atoms with E-state index in [0.717, 1.165) is 6.07 Å². The van der Waals surface area contributed by atoms with Gasteiger partial charge in [-0.05, 0) is 6.07 Å². The third kappa shape index (κ3) is 2.99. The minimum absolute atomic E-state index is 0.0477. The van der Waals surface area contributed by atoms with Crippen LogP contribution in [0.25, 0.3) is 0 Å². The van der Waals surface area contributed by atoms with Gasteiger partial charge in [0.05, 0.1) is 16.1 Å². The molecular formula is C20H10F3NO4S. The summed E-state index contributed by atoms with van der Waals surface area (Å²) < 4.78 is 67.5. The fourth-order valence-electron chi connectivity index (χ4n) is 3.16. The summed E-state index contributed by atoms with van der Waals surface area (Å²) in [7, 11) is -4.54. The Hall–Kier alpha value is -3.46. The first kappa shape index (κ1) is 18.9. The first-order valence-electron chi connectivity index (χ1n) is 8.19. The molecule has 0 radical (unpaired) electrons. The summed E-state index contributed by atoms with van der Waals surface area (Å²) in [4.78, 5) is 25.1. The number of hydrogen-bond acceptors (Lipinski definition) is 4. The van der Waals surface area contributed by atoms with Gasteiger partial charge in [-0.25, -0.2) is 21.6 Å². The third-order valence-corrected chi connectivity index (χ3v) is 5.86. The van der Waals surface area contributed by atoms with Gasteiger partial charge in [0.2, 0.25) is 0 Å². The number of anilines is 1. The second kappa shape index (κ2) is 6.56. The molecule has 0 fully saturated rings. The molecule has 29 heavy (non-hydrogen) atoms. The number of nitrogens with one attached hydrogen (secondary N) is 1. The first-order valence-corrected chi connectivity index (χ1v) is 9.68. The Labute approximate surface area is 162 Å². The monoisotopic (exact) mass is 417 g/mol. The molecule has 0 saturated heterocycles. The number of carbonyl (C=O) groups is 2. The molecule has 0 heterocycles. The maximum absolute atomic E-state index is 13.4. The number of benzene rings is 3. The molecule has 1 N–H and O–H groups in total. The van der Waals surface area contributed by atoms with Crippen molar-refractivity contribution in [1.29, 1.82) is 0 Å². The predicted molar refractivity (Wildman–Crippen MR) is 96.9 cm³/mol. The maximum Gasteiger partial charge on any atom is 0.262 e. The summed E-state index contributed by atoms with van der Waals surface area (Å²) in [6, 6.07) is 10.6. The van der Waals surface area contributed by atoms with Gasteiger partial charge in [-0.15, -0.1) is 0 Å². The quantitative estimate of drug-likeness (QED) is 0.516. The number of ketones is 2. The Bertz CT molecular complexity index is 1300. The maximum atomic E-state index is 13.4. The van der Waals surface area contributed by atoms with Gasteiger partial charge < -0.3 is 0 Å². The van der Waals surface area contributed by atoms with Crippen LogP contribution < -0.4 is 4.72 Å². The number of hydrogen-bond donors (Lipinski definition) is 1. The number of fused-ring (bicyclic) bond motifs is 2. The highest BCUT2D eigenvalue weighted by atomic mass is 32.2. The lowest BCUT2D eigenvalue weighted by atomic mass is 9.84. The van der Waals surface area contributed by atoms with E-state index in [1.54, 1.807) is 6.07 Å². The average molecular weight is 417 g/mol. The normalized spacial score (nSPS) is 13.1. The van der Waals surface area contributed by atoms with Crippen LogP contribution in [0.5, 0.6) is 0 Å². The van der Waals surface area contributed by atoms with Crippen molar-refractivity contribution < 1.29 is 31.2 Å². The molecule has 3 aromatic carbocycles. The summed E-state index contributed by atoms with van der Waals surface area (Å²) in [5.74, 6) is -6.11. The molecule has 0 amide bonds.